The third kappa shape index (κ3) is 4.67. The number of anilines is 1. The molecule has 0 aliphatic rings. The van der Waals surface area contributed by atoms with Crippen LogP contribution in [0.1, 0.15) is 26.7 Å². The quantitative estimate of drug-likeness (QED) is 0.792. The van der Waals surface area contributed by atoms with Crippen LogP contribution in [-0.2, 0) is 4.79 Å². The lowest BCUT2D eigenvalue weighted by molar-refractivity contribution is -0.117. The first kappa shape index (κ1) is 13.1. The van der Waals surface area contributed by atoms with Gasteiger partial charge >= 0.3 is 0 Å². The first-order valence-electron chi connectivity index (χ1n) is 5.38. The molecule has 0 aliphatic heterocycles. The van der Waals surface area contributed by atoms with Crippen molar-refractivity contribution in [2.24, 2.45) is 17.6 Å². The topological polar surface area (TPSA) is 80.9 Å². The molecule has 0 spiro atoms. The number of hydrogen-bond donors (Lipinski definition) is 2. The van der Waals surface area contributed by atoms with Crippen molar-refractivity contribution in [1.29, 1.82) is 0 Å². The van der Waals surface area contributed by atoms with E-state index in [1.54, 1.807) is 5.51 Å². The zero-order chi connectivity index (χ0) is 12.0. The second kappa shape index (κ2) is 6.55. The highest BCUT2D eigenvalue weighted by Crippen LogP contribution is 2.16. The molecule has 0 fully saturated rings. The van der Waals surface area contributed by atoms with Crippen LogP contribution < -0.4 is 11.1 Å². The highest BCUT2D eigenvalue weighted by molar-refractivity contribution is 7.13. The monoisotopic (exact) mass is 242 g/mol. The summed E-state index contributed by atoms with van der Waals surface area (Å²) in [6.07, 6.45) is 1.42. The van der Waals surface area contributed by atoms with E-state index < -0.39 is 0 Å². The maximum atomic E-state index is 11.6. The summed E-state index contributed by atoms with van der Waals surface area (Å²) in [6, 6.07) is 0. The van der Waals surface area contributed by atoms with Crippen LogP contribution >= 0.6 is 11.3 Å². The lowest BCUT2D eigenvalue weighted by atomic mass is 9.94. The minimum absolute atomic E-state index is 0.0344. The van der Waals surface area contributed by atoms with E-state index in [1.807, 2.05) is 0 Å². The summed E-state index contributed by atoms with van der Waals surface area (Å²) < 4.78 is 0. The molecular formula is C10H18N4OS. The molecule has 90 valence electrons. The summed E-state index contributed by atoms with van der Waals surface area (Å²) in [5, 5.41) is 10.7. The fraction of sp³-hybridized carbons (Fsp3) is 0.700. The van der Waals surface area contributed by atoms with Crippen molar-refractivity contribution in [2.75, 3.05) is 11.9 Å². The number of nitrogens with one attached hydrogen (secondary N) is 1. The van der Waals surface area contributed by atoms with Gasteiger partial charge in [0.1, 0.15) is 5.51 Å². The lowest BCUT2D eigenvalue weighted by Crippen LogP contribution is -2.23. The van der Waals surface area contributed by atoms with E-state index in [0.717, 1.165) is 6.42 Å². The average Bonchev–Trinajstić information content (AvgIpc) is 2.68. The van der Waals surface area contributed by atoms with Gasteiger partial charge in [-0.3, -0.25) is 4.79 Å². The van der Waals surface area contributed by atoms with Gasteiger partial charge in [-0.2, -0.15) is 0 Å². The number of aromatic nitrogens is 2. The van der Waals surface area contributed by atoms with Crippen LogP contribution in [0.4, 0.5) is 5.13 Å². The smallest absolute Gasteiger partial charge is 0.226 e. The van der Waals surface area contributed by atoms with Crippen LogP contribution in [0.3, 0.4) is 0 Å². The normalized spacial score (nSPS) is 12.8. The molecule has 1 rings (SSSR count). The Morgan fingerprint density at radius 2 is 2.38 bits per heavy atom. The fourth-order valence-corrected chi connectivity index (χ4v) is 2.05. The minimum atomic E-state index is -0.0344. The van der Waals surface area contributed by atoms with Crippen LogP contribution in [0.25, 0.3) is 0 Å². The maximum absolute atomic E-state index is 11.6. The Balaban J connectivity index is 2.37. The predicted octanol–water partition coefficient (Wildman–Crippen LogP) is 1.49. The molecule has 3 N–H and O–H groups in total. The molecule has 6 heteroatoms. The van der Waals surface area contributed by atoms with Crippen molar-refractivity contribution < 1.29 is 4.79 Å². The Morgan fingerprint density at radius 3 is 2.88 bits per heavy atom. The van der Waals surface area contributed by atoms with E-state index in [4.69, 9.17) is 5.73 Å². The number of hydrogen-bond acceptors (Lipinski definition) is 5. The lowest BCUT2D eigenvalue weighted by Gasteiger charge is -2.15. The molecule has 16 heavy (non-hydrogen) atoms. The van der Waals surface area contributed by atoms with Crippen LogP contribution in [0.2, 0.25) is 0 Å². The van der Waals surface area contributed by atoms with Crippen molar-refractivity contribution >= 4 is 22.4 Å². The Bertz CT molecular complexity index is 313. The van der Waals surface area contributed by atoms with Gasteiger partial charge in [0.2, 0.25) is 11.0 Å². The molecule has 5 nitrogen and oxygen atoms in total. The third-order valence-corrected chi connectivity index (χ3v) is 2.83. The molecule has 0 saturated heterocycles. The number of nitrogens with zero attached hydrogens (tertiary/aromatic N) is 2. The number of carbonyl (C=O) groups is 1. The van der Waals surface area contributed by atoms with E-state index in [2.05, 4.69) is 29.4 Å². The molecule has 0 aromatic carbocycles. The Labute approximate surface area is 99.5 Å². The third-order valence-electron chi connectivity index (χ3n) is 2.22. The Hall–Kier alpha value is -1.01. The van der Waals surface area contributed by atoms with Crippen molar-refractivity contribution in [3.05, 3.63) is 5.51 Å². The molecule has 1 heterocycles. The van der Waals surface area contributed by atoms with E-state index in [1.165, 1.54) is 11.3 Å². The molecule has 1 amide bonds. The van der Waals surface area contributed by atoms with E-state index in [0.29, 0.717) is 24.0 Å². The van der Waals surface area contributed by atoms with Crippen molar-refractivity contribution in [1.82, 2.24) is 10.2 Å². The van der Waals surface area contributed by atoms with Gasteiger partial charge in [-0.25, -0.2) is 0 Å². The second-order valence-electron chi connectivity index (χ2n) is 4.23. The van der Waals surface area contributed by atoms with Gasteiger partial charge in [-0.05, 0) is 24.8 Å². The summed E-state index contributed by atoms with van der Waals surface area (Å²) in [7, 11) is 0. The number of rotatable bonds is 6. The van der Waals surface area contributed by atoms with Crippen molar-refractivity contribution in [2.45, 2.75) is 26.7 Å². The van der Waals surface area contributed by atoms with Gasteiger partial charge in [0.25, 0.3) is 0 Å². The number of nitrogens with two attached hydrogens (primary N) is 1. The molecule has 1 unspecified atom stereocenters. The van der Waals surface area contributed by atoms with Gasteiger partial charge in [-0.15, -0.1) is 10.2 Å². The summed E-state index contributed by atoms with van der Waals surface area (Å²) in [5.74, 6) is 0.767. The fourth-order valence-electron chi connectivity index (χ4n) is 1.59. The average molecular weight is 242 g/mol. The van der Waals surface area contributed by atoms with Gasteiger partial charge in [-0.1, -0.05) is 25.2 Å². The molecule has 1 aromatic heterocycles. The molecule has 0 bridgehead atoms. The molecule has 0 aliphatic carbocycles. The number of carbonyl (C=O) groups excluding carboxylic acids is 1. The largest absolute Gasteiger partial charge is 0.330 e. The summed E-state index contributed by atoms with van der Waals surface area (Å²) in [4.78, 5) is 11.6. The minimum Gasteiger partial charge on any atom is -0.330 e. The van der Waals surface area contributed by atoms with Gasteiger partial charge < -0.3 is 11.1 Å². The van der Waals surface area contributed by atoms with Crippen molar-refractivity contribution in [3.8, 4) is 0 Å². The van der Waals surface area contributed by atoms with Gasteiger partial charge in [0, 0.05) is 6.42 Å². The summed E-state index contributed by atoms with van der Waals surface area (Å²) >= 11 is 1.31. The zero-order valence-electron chi connectivity index (χ0n) is 9.64. The highest BCUT2D eigenvalue weighted by Gasteiger charge is 2.14. The van der Waals surface area contributed by atoms with E-state index in [-0.39, 0.29) is 11.8 Å². The van der Waals surface area contributed by atoms with Crippen LogP contribution in [-0.4, -0.2) is 22.6 Å². The summed E-state index contributed by atoms with van der Waals surface area (Å²) in [5.41, 5.74) is 7.22. The molecule has 1 aromatic rings. The standard InChI is InChI=1S/C10H18N4OS/c1-7(2)3-8(5-11)4-9(15)13-10-14-12-6-16-10/h6-8H,3-5,11H2,1-2H3,(H,13,14,15). The maximum Gasteiger partial charge on any atom is 0.226 e. The molecule has 0 saturated carbocycles. The zero-order valence-corrected chi connectivity index (χ0v) is 10.5. The molecular weight excluding hydrogens is 224 g/mol. The summed E-state index contributed by atoms with van der Waals surface area (Å²) in [6.45, 7) is 4.80. The van der Waals surface area contributed by atoms with Crippen LogP contribution in [0.15, 0.2) is 5.51 Å². The number of amides is 1. The SMILES string of the molecule is CC(C)CC(CN)CC(=O)Nc1nncs1. The van der Waals surface area contributed by atoms with Crippen LogP contribution in [0, 0.1) is 11.8 Å². The van der Waals surface area contributed by atoms with Crippen LogP contribution in [0.5, 0.6) is 0 Å². The predicted molar refractivity (Wildman–Crippen MR) is 65.2 cm³/mol. The van der Waals surface area contributed by atoms with E-state index in [9.17, 15) is 4.79 Å². The van der Waals surface area contributed by atoms with Crippen molar-refractivity contribution in [3.63, 3.8) is 0 Å². The second-order valence-corrected chi connectivity index (χ2v) is 5.06. The van der Waals surface area contributed by atoms with E-state index >= 15 is 0 Å². The first-order valence-corrected chi connectivity index (χ1v) is 6.25. The highest BCUT2D eigenvalue weighted by atomic mass is 32.1. The first-order chi connectivity index (χ1) is 7.61. The molecule has 0 radical (unpaired) electrons. The van der Waals surface area contributed by atoms with Gasteiger partial charge in [0.15, 0.2) is 0 Å². The Kier molecular flexibility index (Phi) is 5.34. The molecule has 1 atom stereocenters. The van der Waals surface area contributed by atoms with Gasteiger partial charge in [0.05, 0.1) is 0 Å². The Morgan fingerprint density at radius 1 is 1.62 bits per heavy atom.